The van der Waals surface area contributed by atoms with E-state index in [-0.39, 0.29) is 30.7 Å². The van der Waals surface area contributed by atoms with E-state index in [1.165, 1.54) is 16.6 Å². The zero-order chi connectivity index (χ0) is 19.4. The van der Waals surface area contributed by atoms with Gasteiger partial charge in [0, 0.05) is 38.3 Å². The number of carbonyl (C=O) groups excluding carboxylic acids is 1. The number of benzene rings is 1. The zero-order valence-corrected chi connectivity index (χ0v) is 16.0. The molecule has 0 bridgehead atoms. The van der Waals surface area contributed by atoms with Gasteiger partial charge in [0.05, 0.1) is 11.6 Å². The van der Waals surface area contributed by atoms with Gasteiger partial charge in [-0.2, -0.15) is 4.31 Å². The van der Waals surface area contributed by atoms with Crippen molar-refractivity contribution in [1.82, 2.24) is 14.4 Å². The van der Waals surface area contributed by atoms with Crippen LogP contribution in [0.25, 0.3) is 0 Å². The van der Waals surface area contributed by atoms with Crippen molar-refractivity contribution in [2.75, 3.05) is 26.2 Å². The Morgan fingerprint density at radius 2 is 1.85 bits per heavy atom. The Morgan fingerprint density at radius 3 is 2.44 bits per heavy atom. The van der Waals surface area contributed by atoms with Gasteiger partial charge in [-0.1, -0.05) is 42.4 Å². The van der Waals surface area contributed by atoms with E-state index in [2.05, 4.69) is 9.68 Å². The Hall–Kier alpha value is -2.23. The molecule has 3 rings (SSSR count). The number of nitrogens with two attached hydrogens (primary N) is 1. The molecule has 27 heavy (non-hydrogen) atoms. The maximum absolute atomic E-state index is 12.8. The molecule has 1 fully saturated rings. The maximum Gasteiger partial charge on any atom is 0.227 e. The maximum atomic E-state index is 12.8. The van der Waals surface area contributed by atoms with E-state index in [0.29, 0.717) is 18.8 Å². The molecule has 0 spiro atoms. The molecule has 2 aromatic rings. The Morgan fingerprint density at radius 1 is 1.19 bits per heavy atom. The number of piperazine rings is 1. The molecule has 2 N–H and O–H groups in total. The minimum atomic E-state index is -3.49. The van der Waals surface area contributed by atoms with E-state index < -0.39 is 16.1 Å². The summed E-state index contributed by atoms with van der Waals surface area (Å²) in [4.78, 5) is 14.5. The lowest BCUT2D eigenvalue weighted by Crippen LogP contribution is -2.52. The molecule has 2 unspecified atom stereocenters. The molecule has 1 aliphatic heterocycles. The summed E-state index contributed by atoms with van der Waals surface area (Å²) in [5.74, 6) is -0.641. The molecule has 9 heteroatoms. The van der Waals surface area contributed by atoms with Gasteiger partial charge in [-0.3, -0.25) is 4.79 Å². The first-order chi connectivity index (χ1) is 12.9. The van der Waals surface area contributed by atoms with Gasteiger partial charge in [-0.25, -0.2) is 8.42 Å². The summed E-state index contributed by atoms with van der Waals surface area (Å²) in [7, 11) is -3.49. The fourth-order valence-corrected chi connectivity index (χ4v) is 4.61. The van der Waals surface area contributed by atoms with Gasteiger partial charge in [0.1, 0.15) is 12.0 Å². The second kappa shape index (κ2) is 8.20. The third-order valence-corrected chi connectivity index (χ3v) is 6.69. The van der Waals surface area contributed by atoms with Crippen molar-refractivity contribution in [3.05, 3.63) is 53.9 Å². The second-order valence-electron chi connectivity index (χ2n) is 6.70. The summed E-state index contributed by atoms with van der Waals surface area (Å²) < 4.78 is 31.0. The van der Waals surface area contributed by atoms with Gasteiger partial charge in [-0.05, 0) is 5.56 Å². The third kappa shape index (κ3) is 4.55. The van der Waals surface area contributed by atoms with Crippen LogP contribution in [-0.4, -0.2) is 54.9 Å². The number of aromatic nitrogens is 1. The minimum absolute atomic E-state index is 0.0556. The quantitative estimate of drug-likeness (QED) is 0.785. The van der Waals surface area contributed by atoms with Gasteiger partial charge in [0.15, 0.2) is 0 Å². The number of nitrogens with zero attached hydrogens (tertiary/aromatic N) is 3. The molecule has 1 saturated heterocycles. The monoisotopic (exact) mass is 392 g/mol. The van der Waals surface area contributed by atoms with Crippen LogP contribution in [0.1, 0.15) is 24.2 Å². The molecule has 1 aromatic carbocycles. The standard InChI is InChI=1S/C18H24N4O4S/c1-14(17(19)15-5-3-2-4-6-15)18(23)21-8-10-22(11-9-21)27(24,25)13-16-7-12-26-20-16/h2-7,12,14,17H,8-11,13,19H2,1H3. The highest BCUT2D eigenvalue weighted by molar-refractivity contribution is 7.88. The topological polar surface area (TPSA) is 110 Å². The van der Waals surface area contributed by atoms with Crippen LogP contribution < -0.4 is 5.73 Å². The molecular weight excluding hydrogens is 368 g/mol. The van der Waals surface area contributed by atoms with E-state index in [0.717, 1.165) is 5.56 Å². The molecule has 8 nitrogen and oxygen atoms in total. The molecular formula is C18H24N4O4S. The van der Waals surface area contributed by atoms with Crippen LogP contribution in [-0.2, 0) is 20.6 Å². The van der Waals surface area contributed by atoms with Crippen molar-refractivity contribution < 1.29 is 17.7 Å². The van der Waals surface area contributed by atoms with Crippen LogP contribution in [0.4, 0.5) is 0 Å². The van der Waals surface area contributed by atoms with Gasteiger partial charge in [-0.15, -0.1) is 0 Å². The molecule has 146 valence electrons. The lowest BCUT2D eigenvalue weighted by Gasteiger charge is -2.36. The number of sulfonamides is 1. The largest absolute Gasteiger partial charge is 0.364 e. The summed E-state index contributed by atoms with van der Waals surface area (Å²) in [6.07, 6.45) is 1.35. The van der Waals surface area contributed by atoms with Crippen molar-refractivity contribution >= 4 is 15.9 Å². The number of rotatable bonds is 6. The molecule has 0 aliphatic carbocycles. The van der Waals surface area contributed by atoms with E-state index in [9.17, 15) is 13.2 Å². The fourth-order valence-electron chi connectivity index (χ4n) is 3.18. The molecule has 1 aliphatic rings. The molecule has 1 aromatic heterocycles. The summed E-state index contributed by atoms with van der Waals surface area (Å²) in [6.45, 7) is 3.04. The summed E-state index contributed by atoms with van der Waals surface area (Å²) >= 11 is 0. The minimum Gasteiger partial charge on any atom is -0.364 e. The Kier molecular flexibility index (Phi) is 5.93. The van der Waals surface area contributed by atoms with Crippen LogP contribution in [0.2, 0.25) is 0 Å². The van der Waals surface area contributed by atoms with Crippen molar-refractivity contribution in [2.45, 2.75) is 18.7 Å². The highest BCUT2D eigenvalue weighted by Gasteiger charge is 2.32. The number of carbonyl (C=O) groups is 1. The normalized spacial score (nSPS) is 18.2. The lowest BCUT2D eigenvalue weighted by molar-refractivity contribution is -0.136. The number of amides is 1. The molecule has 0 radical (unpaired) electrons. The average molecular weight is 392 g/mol. The van der Waals surface area contributed by atoms with Gasteiger partial charge < -0.3 is 15.2 Å². The molecule has 2 atom stereocenters. The first kappa shape index (κ1) is 19.5. The van der Waals surface area contributed by atoms with E-state index >= 15 is 0 Å². The Labute approximate surface area is 159 Å². The summed E-state index contributed by atoms with van der Waals surface area (Å²) in [5.41, 5.74) is 7.53. The van der Waals surface area contributed by atoms with Crippen molar-refractivity contribution in [3.8, 4) is 0 Å². The molecule has 1 amide bonds. The smallest absolute Gasteiger partial charge is 0.227 e. The lowest BCUT2D eigenvalue weighted by atomic mass is 9.94. The highest BCUT2D eigenvalue weighted by atomic mass is 32.2. The van der Waals surface area contributed by atoms with Crippen LogP contribution in [0, 0.1) is 5.92 Å². The molecule has 0 saturated carbocycles. The first-order valence-corrected chi connectivity index (χ1v) is 10.5. The van der Waals surface area contributed by atoms with Crippen molar-refractivity contribution in [2.24, 2.45) is 11.7 Å². The number of hydrogen-bond acceptors (Lipinski definition) is 6. The van der Waals surface area contributed by atoms with E-state index in [1.807, 2.05) is 37.3 Å². The van der Waals surface area contributed by atoms with Crippen molar-refractivity contribution in [1.29, 1.82) is 0 Å². The number of hydrogen-bond donors (Lipinski definition) is 1. The Balaban J connectivity index is 1.57. The second-order valence-corrected chi connectivity index (χ2v) is 8.67. The van der Waals surface area contributed by atoms with E-state index in [1.54, 1.807) is 4.90 Å². The van der Waals surface area contributed by atoms with Crippen LogP contribution in [0.15, 0.2) is 47.2 Å². The van der Waals surface area contributed by atoms with Crippen LogP contribution >= 0.6 is 0 Å². The van der Waals surface area contributed by atoms with Crippen molar-refractivity contribution in [3.63, 3.8) is 0 Å². The fraction of sp³-hybridized carbons (Fsp3) is 0.444. The van der Waals surface area contributed by atoms with Gasteiger partial charge in [0.2, 0.25) is 15.9 Å². The SMILES string of the molecule is CC(C(=O)N1CCN(S(=O)(=O)Cc2ccon2)CC1)C(N)c1ccccc1. The summed E-state index contributed by atoms with van der Waals surface area (Å²) in [5, 5.41) is 3.65. The van der Waals surface area contributed by atoms with E-state index in [4.69, 9.17) is 5.73 Å². The summed E-state index contributed by atoms with van der Waals surface area (Å²) in [6, 6.07) is 10.6. The molecule has 2 heterocycles. The predicted octanol–water partition coefficient (Wildman–Crippen LogP) is 0.985. The van der Waals surface area contributed by atoms with Gasteiger partial charge >= 0.3 is 0 Å². The predicted molar refractivity (Wildman–Crippen MR) is 99.8 cm³/mol. The first-order valence-electron chi connectivity index (χ1n) is 8.85. The third-order valence-electron chi connectivity index (χ3n) is 4.88. The zero-order valence-electron chi connectivity index (χ0n) is 15.2. The van der Waals surface area contributed by atoms with Crippen LogP contribution in [0.5, 0.6) is 0 Å². The Bertz CT molecular complexity index is 847. The average Bonchev–Trinajstić information content (AvgIpc) is 3.19. The highest BCUT2D eigenvalue weighted by Crippen LogP contribution is 2.22. The van der Waals surface area contributed by atoms with Gasteiger partial charge in [0.25, 0.3) is 0 Å². The van der Waals surface area contributed by atoms with Crippen LogP contribution in [0.3, 0.4) is 0 Å².